The normalized spacial score (nSPS) is 11.9. The van der Waals surface area contributed by atoms with Gasteiger partial charge in [-0.15, -0.1) is 0 Å². The van der Waals surface area contributed by atoms with Crippen LogP contribution in [0.5, 0.6) is 0 Å². The average Bonchev–Trinajstić information content (AvgIpc) is 3.71. The molecule has 6 nitrogen and oxygen atoms in total. The second-order valence-electron chi connectivity index (χ2n) is 11.6. The van der Waals surface area contributed by atoms with E-state index in [2.05, 4.69) is 94.0 Å². The first-order valence-electron chi connectivity index (χ1n) is 15.3. The van der Waals surface area contributed by atoms with Gasteiger partial charge >= 0.3 is 0 Å². The molecule has 0 radical (unpaired) electrons. The van der Waals surface area contributed by atoms with Crippen molar-refractivity contribution in [1.29, 1.82) is 0 Å². The van der Waals surface area contributed by atoms with E-state index in [1.165, 1.54) is 0 Å². The number of imidazole rings is 2. The second-order valence-corrected chi connectivity index (χ2v) is 11.6. The Balaban J connectivity index is 1.12. The third kappa shape index (κ3) is 3.64. The summed E-state index contributed by atoms with van der Waals surface area (Å²) in [6, 6.07) is 46.0. The number of pyridine rings is 4. The molecule has 0 N–H and O–H groups in total. The van der Waals surface area contributed by atoms with Crippen LogP contribution in [0.4, 0.5) is 0 Å². The van der Waals surface area contributed by atoms with Crippen LogP contribution in [0.15, 0.2) is 146 Å². The first kappa shape index (κ1) is 25.0. The summed E-state index contributed by atoms with van der Waals surface area (Å²) in [5, 5.41) is 2.11. The van der Waals surface area contributed by atoms with Gasteiger partial charge in [-0.25, -0.2) is 19.9 Å². The molecule has 6 heteroatoms. The molecule has 0 spiro atoms. The molecular formula is C40H24N6. The summed E-state index contributed by atoms with van der Waals surface area (Å²) in [5.74, 6) is 0. The lowest BCUT2D eigenvalue weighted by Crippen LogP contribution is -1.93. The number of para-hydroxylation sites is 2. The largest absolute Gasteiger partial charge is 0.298 e. The van der Waals surface area contributed by atoms with Crippen LogP contribution >= 0.6 is 0 Å². The minimum absolute atomic E-state index is 0.908. The van der Waals surface area contributed by atoms with Crippen LogP contribution in [0.3, 0.4) is 0 Å². The lowest BCUT2D eigenvalue weighted by Gasteiger charge is -2.11. The number of benzene rings is 4. The number of rotatable bonds is 3. The lowest BCUT2D eigenvalue weighted by atomic mass is 9.98. The topological polar surface area (TPSA) is 60.4 Å². The number of hydrogen-bond donors (Lipinski definition) is 0. The Hall–Kier alpha value is -6.40. The van der Waals surface area contributed by atoms with Crippen molar-refractivity contribution < 1.29 is 0 Å². The molecule has 0 aliphatic carbocycles. The summed E-state index contributed by atoms with van der Waals surface area (Å²) >= 11 is 0. The van der Waals surface area contributed by atoms with Crippen molar-refractivity contribution in [2.24, 2.45) is 0 Å². The highest BCUT2D eigenvalue weighted by molar-refractivity contribution is 6.10. The zero-order valence-corrected chi connectivity index (χ0v) is 24.5. The standard InChI is InChI=1S/C40H24N6/c1-3-14-31-29(12-1)37-39(45-22-7-5-16-33(45)43-37)35(41-31)26-20-18-25(19-21-26)27-10-9-11-28(24-27)36-40-38(30-13-2-4-15-32(30)42-36)44-34-17-6-8-23-46(34)40/h1-24H. The van der Waals surface area contributed by atoms with E-state index in [9.17, 15) is 0 Å². The van der Waals surface area contributed by atoms with Gasteiger partial charge in [0, 0.05) is 34.3 Å². The van der Waals surface area contributed by atoms with Crippen molar-refractivity contribution in [2.75, 3.05) is 0 Å². The lowest BCUT2D eigenvalue weighted by molar-refractivity contribution is 1.22. The third-order valence-corrected chi connectivity index (χ3v) is 8.92. The van der Waals surface area contributed by atoms with Crippen LogP contribution in [0.25, 0.3) is 88.8 Å². The first-order chi connectivity index (χ1) is 22.8. The predicted molar refractivity (Wildman–Crippen MR) is 186 cm³/mol. The van der Waals surface area contributed by atoms with E-state index in [4.69, 9.17) is 19.9 Å². The van der Waals surface area contributed by atoms with E-state index >= 15 is 0 Å². The molecule has 0 saturated heterocycles. The maximum absolute atomic E-state index is 5.18. The number of fused-ring (bicyclic) bond motifs is 10. The summed E-state index contributed by atoms with van der Waals surface area (Å²) in [7, 11) is 0. The van der Waals surface area contributed by atoms with Gasteiger partial charge < -0.3 is 0 Å². The van der Waals surface area contributed by atoms with Gasteiger partial charge in [0.15, 0.2) is 0 Å². The summed E-state index contributed by atoms with van der Waals surface area (Å²) < 4.78 is 4.28. The van der Waals surface area contributed by atoms with E-state index in [1.807, 2.05) is 60.7 Å². The van der Waals surface area contributed by atoms with Crippen molar-refractivity contribution >= 4 is 55.2 Å². The highest BCUT2D eigenvalue weighted by Crippen LogP contribution is 2.36. The van der Waals surface area contributed by atoms with Crippen molar-refractivity contribution in [1.82, 2.24) is 28.7 Å². The zero-order valence-electron chi connectivity index (χ0n) is 24.5. The molecule has 0 saturated carbocycles. The molecule has 46 heavy (non-hydrogen) atoms. The van der Waals surface area contributed by atoms with Gasteiger partial charge in [0.1, 0.15) is 22.3 Å². The molecule has 0 unspecified atom stereocenters. The Morgan fingerprint density at radius 2 is 0.870 bits per heavy atom. The van der Waals surface area contributed by atoms with Crippen molar-refractivity contribution in [3.8, 4) is 33.6 Å². The van der Waals surface area contributed by atoms with Gasteiger partial charge in [-0.05, 0) is 53.6 Å². The fourth-order valence-corrected chi connectivity index (χ4v) is 6.78. The molecule has 0 aliphatic heterocycles. The van der Waals surface area contributed by atoms with Crippen LogP contribution < -0.4 is 0 Å². The van der Waals surface area contributed by atoms with E-state index in [0.29, 0.717) is 0 Å². The number of hydrogen-bond acceptors (Lipinski definition) is 4. The Bertz CT molecular complexity index is 2810. The van der Waals surface area contributed by atoms with Crippen molar-refractivity contribution in [3.05, 3.63) is 146 Å². The van der Waals surface area contributed by atoms with Gasteiger partial charge in [-0.2, -0.15) is 0 Å². The SMILES string of the molecule is c1cc(-c2ccc(-c3nc4ccccc4c4nc5ccccn5c34)cc2)cc(-c2nc3ccccc3c3nc4ccccn4c23)c1. The quantitative estimate of drug-likeness (QED) is 0.206. The first-order valence-corrected chi connectivity index (χ1v) is 15.3. The minimum atomic E-state index is 0.908. The molecule has 6 heterocycles. The monoisotopic (exact) mass is 588 g/mol. The third-order valence-electron chi connectivity index (χ3n) is 8.92. The Kier molecular flexibility index (Phi) is 5.19. The summed E-state index contributed by atoms with van der Waals surface area (Å²) in [6.07, 6.45) is 4.13. The Morgan fingerprint density at radius 1 is 0.370 bits per heavy atom. The van der Waals surface area contributed by atoms with E-state index in [0.717, 1.165) is 88.8 Å². The van der Waals surface area contributed by atoms with Gasteiger partial charge in [-0.1, -0.05) is 91.0 Å². The maximum Gasteiger partial charge on any atom is 0.137 e. The number of aromatic nitrogens is 6. The van der Waals surface area contributed by atoms with Crippen molar-refractivity contribution in [2.45, 2.75) is 0 Å². The molecule has 10 rings (SSSR count). The highest BCUT2D eigenvalue weighted by atomic mass is 15.0. The molecule has 10 aromatic rings. The summed E-state index contributed by atoms with van der Waals surface area (Å²) in [5.41, 5.74) is 13.8. The fourth-order valence-electron chi connectivity index (χ4n) is 6.78. The van der Waals surface area contributed by atoms with Gasteiger partial charge in [0.2, 0.25) is 0 Å². The smallest absolute Gasteiger partial charge is 0.137 e. The maximum atomic E-state index is 5.18. The molecule has 0 fully saturated rings. The van der Waals surface area contributed by atoms with Crippen LogP contribution in [-0.2, 0) is 0 Å². The minimum Gasteiger partial charge on any atom is -0.298 e. The molecule has 4 aromatic carbocycles. The van der Waals surface area contributed by atoms with Crippen LogP contribution in [-0.4, -0.2) is 28.7 Å². The van der Waals surface area contributed by atoms with Gasteiger partial charge in [0.05, 0.1) is 33.5 Å². The number of nitrogens with zero attached hydrogens (tertiary/aromatic N) is 6. The van der Waals surface area contributed by atoms with E-state index in [1.54, 1.807) is 0 Å². The zero-order chi connectivity index (χ0) is 30.2. The van der Waals surface area contributed by atoms with Gasteiger partial charge in [-0.3, -0.25) is 8.80 Å². The molecule has 214 valence electrons. The molecule has 0 amide bonds. The average molecular weight is 589 g/mol. The van der Waals surface area contributed by atoms with E-state index in [-0.39, 0.29) is 0 Å². The molecule has 0 aliphatic rings. The Labute approximate surface area is 262 Å². The fraction of sp³-hybridized carbons (Fsp3) is 0. The molecule has 0 atom stereocenters. The predicted octanol–water partition coefficient (Wildman–Crippen LogP) is 9.39. The van der Waals surface area contributed by atoms with Gasteiger partial charge in [0.25, 0.3) is 0 Å². The van der Waals surface area contributed by atoms with Crippen LogP contribution in [0, 0.1) is 0 Å². The molecule has 6 aromatic heterocycles. The van der Waals surface area contributed by atoms with Crippen molar-refractivity contribution in [3.63, 3.8) is 0 Å². The summed E-state index contributed by atoms with van der Waals surface area (Å²) in [6.45, 7) is 0. The molecule has 0 bridgehead atoms. The molecular weight excluding hydrogens is 564 g/mol. The van der Waals surface area contributed by atoms with Crippen LogP contribution in [0.1, 0.15) is 0 Å². The van der Waals surface area contributed by atoms with Crippen LogP contribution in [0.2, 0.25) is 0 Å². The second kappa shape index (κ2) is 9.55. The Morgan fingerprint density at radius 3 is 1.48 bits per heavy atom. The summed E-state index contributed by atoms with van der Waals surface area (Å²) in [4.78, 5) is 20.3. The highest BCUT2D eigenvalue weighted by Gasteiger charge is 2.18. The van der Waals surface area contributed by atoms with E-state index < -0.39 is 0 Å².